The van der Waals surface area contributed by atoms with Gasteiger partial charge in [-0.3, -0.25) is 14.5 Å². The highest BCUT2D eigenvalue weighted by Gasteiger charge is 2.31. The van der Waals surface area contributed by atoms with Crippen LogP contribution in [0.15, 0.2) is 30.3 Å². The van der Waals surface area contributed by atoms with Gasteiger partial charge in [-0.2, -0.15) is 0 Å². The minimum Gasteiger partial charge on any atom is -0.342 e. The van der Waals surface area contributed by atoms with E-state index < -0.39 is 0 Å². The molecule has 0 bridgehead atoms. The zero-order chi connectivity index (χ0) is 18.4. The second kappa shape index (κ2) is 9.17. The summed E-state index contributed by atoms with van der Waals surface area (Å²) in [5, 5.41) is 0. The van der Waals surface area contributed by atoms with Gasteiger partial charge in [0.15, 0.2) is 0 Å². The maximum absolute atomic E-state index is 12.7. The molecule has 0 spiro atoms. The molecule has 0 unspecified atom stereocenters. The third kappa shape index (κ3) is 4.85. The number of likely N-dealkylation sites (N-methyl/N-ethyl adjacent to an activating group) is 1. The summed E-state index contributed by atoms with van der Waals surface area (Å²) in [6.07, 6.45) is 3.90. The molecule has 5 heteroatoms. The highest BCUT2D eigenvalue weighted by Crippen LogP contribution is 2.22. The van der Waals surface area contributed by atoms with Gasteiger partial charge in [0.05, 0.1) is 6.54 Å². The van der Waals surface area contributed by atoms with E-state index in [2.05, 4.69) is 24.0 Å². The van der Waals surface area contributed by atoms with Crippen LogP contribution in [0, 0.1) is 5.92 Å². The van der Waals surface area contributed by atoms with Crippen LogP contribution in [-0.2, 0) is 16.1 Å². The fourth-order valence-electron chi connectivity index (χ4n) is 3.98. The van der Waals surface area contributed by atoms with Gasteiger partial charge < -0.3 is 9.80 Å². The van der Waals surface area contributed by atoms with Gasteiger partial charge in [-0.15, -0.1) is 0 Å². The van der Waals surface area contributed by atoms with Crippen LogP contribution in [0.2, 0.25) is 0 Å². The van der Waals surface area contributed by atoms with Crippen molar-refractivity contribution in [2.45, 2.75) is 39.2 Å². The van der Waals surface area contributed by atoms with Crippen LogP contribution in [0.25, 0.3) is 0 Å². The number of nitrogens with zero attached hydrogens (tertiary/aromatic N) is 3. The maximum atomic E-state index is 12.7. The first-order valence-corrected chi connectivity index (χ1v) is 10.00. The van der Waals surface area contributed by atoms with Crippen molar-refractivity contribution in [2.24, 2.45) is 5.92 Å². The highest BCUT2D eigenvalue weighted by atomic mass is 16.2. The largest absolute Gasteiger partial charge is 0.342 e. The van der Waals surface area contributed by atoms with Crippen molar-refractivity contribution in [3.8, 4) is 0 Å². The quantitative estimate of drug-likeness (QED) is 0.785. The summed E-state index contributed by atoms with van der Waals surface area (Å²) in [4.78, 5) is 31.3. The summed E-state index contributed by atoms with van der Waals surface area (Å²) in [6, 6.07) is 10.3. The molecule has 2 amide bonds. The number of rotatable bonds is 6. The summed E-state index contributed by atoms with van der Waals surface area (Å²) in [5.41, 5.74) is 1.23. The van der Waals surface area contributed by atoms with Gasteiger partial charge in [-0.05, 0) is 37.8 Å². The SMILES string of the molecule is CCN(CC(=O)N1CCC(C(=O)N2CCCC2)CC1)Cc1ccccc1. The van der Waals surface area contributed by atoms with Gasteiger partial charge in [-0.1, -0.05) is 37.3 Å². The van der Waals surface area contributed by atoms with E-state index in [-0.39, 0.29) is 11.8 Å². The minimum atomic E-state index is 0.115. The molecule has 2 heterocycles. The Labute approximate surface area is 156 Å². The van der Waals surface area contributed by atoms with Crippen LogP contribution >= 0.6 is 0 Å². The molecule has 1 aromatic carbocycles. The van der Waals surface area contributed by atoms with Crippen molar-refractivity contribution in [1.82, 2.24) is 14.7 Å². The number of benzene rings is 1. The predicted molar refractivity (Wildman–Crippen MR) is 103 cm³/mol. The van der Waals surface area contributed by atoms with Crippen molar-refractivity contribution in [2.75, 3.05) is 39.3 Å². The third-order valence-corrected chi connectivity index (χ3v) is 5.67. The monoisotopic (exact) mass is 357 g/mol. The van der Waals surface area contributed by atoms with Crippen LogP contribution < -0.4 is 0 Å². The molecule has 0 atom stereocenters. The fourth-order valence-corrected chi connectivity index (χ4v) is 3.98. The van der Waals surface area contributed by atoms with E-state index in [1.165, 1.54) is 5.56 Å². The lowest BCUT2D eigenvalue weighted by molar-refractivity contribution is -0.140. The average Bonchev–Trinajstić information content (AvgIpc) is 3.22. The van der Waals surface area contributed by atoms with Gasteiger partial charge in [0, 0.05) is 38.6 Å². The Morgan fingerprint density at radius 3 is 2.27 bits per heavy atom. The standard InChI is InChI=1S/C21H31N3O2/c1-2-22(16-18-8-4-3-5-9-18)17-20(25)23-14-10-19(11-15-23)21(26)24-12-6-7-13-24/h3-5,8-9,19H,2,6-7,10-17H2,1H3. The van der Waals surface area contributed by atoms with Crippen molar-refractivity contribution >= 4 is 11.8 Å². The zero-order valence-electron chi connectivity index (χ0n) is 15.9. The summed E-state index contributed by atoms with van der Waals surface area (Å²) >= 11 is 0. The van der Waals surface area contributed by atoms with E-state index in [0.29, 0.717) is 25.5 Å². The first-order chi connectivity index (χ1) is 12.7. The van der Waals surface area contributed by atoms with E-state index in [1.54, 1.807) is 0 Å². The smallest absolute Gasteiger partial charge is 0.236 e. The Hall–Kier alpha value is -1.88. The van der Waals surface area contributed by atoms with Gasteiger partial charge >= 0.3 is 0 Å². The Kier molecular flexibility index (Phi) is 6.67. The first kappa shape index (κ1) is 18.9. The number of amides is 2. The van der Waals surface area contributed by atoms with Crippen LogP contribution in [0.3, 0.4) is 0 Å². The van der Waals surface area contributed by atoms with Gasteiger partial charge in [0.2, 0.25) is 11.8 Å². The maximum Gasteiger partial charge on any atom is 0.236 e. The Balaban J connectivity index is 1.46. The molecule has 0 aromatic heterocycles. The Morgan fingerprint density at radius 1 is 1.00 bits per heavy atom. The van der Waals surface area contributed by atoms with Crippen molar-refractivity contribution in [3.63, 3.8) is 0 Å². The van der Waals surface area contributed by atoms with Crippen molar-refractivity contribution in [3.05, 3.63) is 35.9 Å². The van der Waals surface area contributed by atoms with Gasteiger partial charge in [0.25, 0.3) is 0 Å². The lowest BCUT2D eigenvalue weighted by Crippen LogP contribution is -2.46. The molecular formula is C21H31N3O2. The molecule has 0 saturated carbocycles. The van der Waals surface area contributed by atoms with Crippen LogP contribution in [0.5, 0.6) is 0 Å². The topological polar surface area (TPSA) is 43.9 Å². The fraction of sp³-hybridized carbons (Fsp3) is 0.619. The summed E-state index contributed by atoms with van der Waals surface area (Å²) < 4.78 is 0. The van der Waals surface area contributed by atoms with E-state index in [4.69, 9.17) is 0 Å². The molecule has 0 aliphatic carbocycles. The average molecular weight is 357 g/mol. The molecule has 3 rings (SSSR count). The number of hydrogen-bond acceptors (Lipinski definition) is 3. The van der Waals surface area contributed by atoms with Gasteiger partial charge in [0.1, 0.15) is 0 Å². The highest BCUT2D eigenvalue weighted by molar-refractivity contribution is 5.81. The van der Waals surface area contributed by atoms with Crippen LogP contribution in [0.4, 0.5) is 0 Å². The second-order valence-electron chi connectivity index (χ2n) is 7.48. The van der Waals surface area contributed by atoms with Crippen LogP contribution in [-0.4, -0.2) is 65.8 Å². The molecule has 1 aromatic rings. The van der Waals surface area contributed by atoms with E-state index in [0.717, 1.165) is 51.9 Å². The molecule has 2 saturated heterocycles. The number of piperidine rings is 1. The van der Waals surface area contributed by atoms with Gasteiger partial charge in [-0.25, -0.2) is 0 Å². The molecular weight excluding hydrogens is 326 g/mol. The minimum absolute atomic E-state index is 0.115. The molecule has 5 nitrogen and oxygen atoms in total. The lowest BCUT2D eigenvalue weighted by Gasteiger charge is -2.34. The predicted octanol–water partition coefficient (Wildman–Crippen LogP) is 2.37. The summed E-state index contributed by atoms with van der Waals surface area (Å²) in [5.74, 6) is 0.618. The first-order valence-electron chi connectivity index (χ1n) is 10.00. The normalized spacial score (nSPS) is 18.5. The number of hydrogen-bond donors (Lipinski definition) is 0. The lowest BCUT2D eigenvalue weighted by atomic mass is 9.95. The number of likely N-dealkylation sites (tertiary alicyclic amines) is 2. The van der Waals surface area contributed by atoms with Crippen molar-refractivity contribution in [1.29, 1.82) is 0 Å². The summed E-state index contributed by atoms with van der Waals surface area (Å²) in [7, 11) is 0. The summed E-state index contributed by atoms with van der Waals surface area (Å²) in [6.45, 7) is 7.47. The molecule has 0 radical (unpaired) electrons. The number of carbonyl (C=O) groups is 2. The van der Waals surface area contributed by atoms with E-state index in [9.17, 15) is 9.59 Å². The number of carbonyl (C=O) groups excluding carboxylic acids is 2. The Bertz CT molecular complexity index is 591. The van der Waals surface area contributed by atoms with Crippen molar-refractivity contribution < 1.29 is 9.59 Å². The Morgan fingerprint density at radius 2 is 1.65 bits per heavy atom. The molecule has 26 heavy (non-hydrogen) atoms. The zero-order valence-corrected chi connectivity index (χ0v) is 15.9. The molecule has 2 fully saturated rings. The molecule has 2 aliphatic heterocycles. The van der Waals surface area contributed by atoms with E-state index in [1.807, 2.05) is 28.0 Å². The second-order valence-corrected chi connectivity index (χ2v) is 7.48. The van der Waals surface area contributed by atoms with E-state index >= 15 is 0 Å². The molecule has 2 aliphatic rings. The third-order valence-electron chi connectivity index (χ3n) is 5.67. The van der Waals surface area contributed by atoms with Crippen LogP contribution in [0.1, 0.15) is 38.2 Å². The molecule has 0 N–H and O–H groups in total. The molecule has 142 valence electrons.